The lowest BCUT2D eigenvalue weighted by atomic mass is 9.62. The number of hydrogen-bond donors (Lipinski definition) is 2. The number of hydrogen-bond acceptors (Lipinski definition) is 4. The van der Waals surface area contributed by atoms with Gasteiger partial charge in [-0.05, 0) is 101 Å². The molecule has 0 bridgehead atoms. The van der Waals surface area contributed by atoms with Crippen LogP contribution in [0.3, 0.4) is 0 Å². The van der Waals surface area contributed by atoms with Crippen molar-refractivity contribution in [3.05, 3.63) is 47.2 Å². The summed E-state index contributed by atoms with van der Waals surface area (Å²) in [5, 5.41) is 0. The van der Waals surface area contributed by atoms with Gasteiger partial charge in [-0.1, -0.05) is 73.2 Å². The lowest BCUT2D eigenvalue weighted by Crippen LogP contribution is -2.45. The summed E-state index contributed by atoms with van der Waals surface area (Å²) in [5.74, 6) is 0.781. The number of nitrogens with zero attached hydrogens (tertiary/aromatic N) is 1. The Morgan fingerprint density at radius 1 is 1.09 bits per heavy atom. The molecule has 1 saturated heterocycles. The molecule has 1 unspecified atom stereocenters. The number of carbonyl (C=O) groups is 1. The van der Waals surface area contributed by atoms with E-state index in [-0.39, 0.29) is 13.2 Å². The van der Waals surface area contributed by atoms with Crippen LogP contribution in [0.25, 0.3) is 0 Å². The van der Waals surface area contributed by atoms with Crippen LogP contribution >= 0.6 is 0 Å². The van der Waals surface area contributed by atoms with E-state index in [1.807, 2.05) is 13.8 Å². The molecular formula is C30H57N3O. The Hall–Kier alpha value is -1.65. The normalized spacial score (nSPS) is 19.0. The van der Waals surface area contributed by atoms with Crippen molar-refractivity contribution in [3.8, 4) is 0 Å². The first-order valence-electron chi connectivity index (χ1n) is 12.9. The molecule has 4 nitrogen and oxygen atoms in total. The zero-order chi connectivity index (χ0) is 25.7. The van der Waals surface area contributed by atoms with E-state index >= 15 is 0 Å². The van der Waals surface area contributed by atoms with Crippen LogP contribution in [0.15, 0.2) is 36.0 Å². The molecule has 34 heavy (non-hydrogen) atoms. The molecule has 1 aliphatic carbocycles. The van der Waals surface area contributed by atoms with Gasteiger partial charge in [0.05, 0.1) is 0 Å². The Labute approximate surface area is 212 Å². The first-order valence-corrected chi connectivity index (χ1v) is 12.9. The summed E-state index contributed by atoms with van der Waals surface area (Å²) in [6.07, 6.45) is 8.12. The van der Waals surface area contributed by atoms with E-state index in [0.717, 1.165) is 5.92 Å². The van der Waals surface area contributed by atoms with Crippen LogP contribution in [-0.4, -0.2) is 37.4 Å². The van der Waals surface area contributed by atoms with E-state index < -0.39 is 0 Å². The summed E-state index contributed by atoms with van der Waals surface area (Å²) in [5.41, 5.74) is 14.4. The molecule has 1 heterocycles. The Kier molecular flexibility index (Phi) is 17.1. The summed E-state index contributed by atoms with van der Waals surface area (Å²) < 4.78 is 0. The Balaban J connectivity index is 0. The fourth-order valence-corrected chi connectivity index (χ4v) is 4.53. The maximum Gasteiger partial charge on any atom is 0.156 e. The zero-order valence-electron chi connectivity index (χ0n) is 23.1. The molecule has 0 radical (unpaired) electrons. The quantitative estimate of drug-likeness (QED) is 0.460. The minimum atomic E-state index is 0. The van der Waals surface area contributed by atoms with Gasteiger partial charge in [0.15, 0.2) is 5.78 Å². The van der Waals surface area contributed by atoms with Crippen molar-refractivity contribution in [2.24, 2.45) is 16.9 Å². The fraction of sp³-hybridized carbons (Fsp3) is 0.700. The molecule has 198 valence electrons. The van der Waals surface area contributed by atoms with Crippen LogP contribution < -0.4 is 11.5 Å². The number of Topliss-reactive ketones (excluding diaryl/α,β-unsaturated/α-hetero) is 1. The summed E-state index contributed by atoms with van der Waals surface area (Å²) in [4.78, 5) is 12.9. The predicted octanol–water partition coefficient (Wildman–Crippen LogP) is 7.03. The molecule has 1 aromatic rings. The van der Waals surface area contributed by atoms with Gasteiger partial charge in [-0.25, -0.2) is 0 Å². The second kappa shape index (κ2) is 16.9. The van der Waals surface area contributed by atoms with Crippen molar-refractivity contribution in [1.82, 2.24) is 4.90 Å². The van der Waals surface area contributed by atoms with E-state index in [1.54, 1.807) is 18.1 Å². The first-order chi connectivity index (χ1) is 15.6. The molecule has 3 rings (SSSR count). The molecule has 4 N–H and O–H groups in total. The molecule has 0 aromatic heterocycles. The van der Waals surface area contributed by atoms with Crippen molar-refractivity contribution >= 4 is 5.78 Å². The molecule has 1 fully saturated rings. The minimum Gasteiger partial charge on any atom is -0.404 e. The van der Waals surface area contributed by atoms with Gasteiger partial charge >= 0.3 is 0 Å². The predicted molar refractivity (Wildman–Crippen MR) is 152 cm³/mol. The standard InChI is InChI=1S/C21H33N.C5H9NO.C2H6.CH5N.CH4/c1-17-9-10-21(19-8-6-5-7-18(17)19)12-15-22(16-13-21)14-11-20(2,3)4;1-4(3-6)5(2)7;2*1-2;/h5-8,17H,9-16H2,1-4H3;3H,6H2,1-2H3;1-2H3;2H2,1H3;1H4/b;4-3+;;;. The average molecular weight is 476 g/mol. The van der Waals surface area contributed by atoms with Crippen molar-refractivity contribution in [3.63, 3.8) is 0 Å². The molecule has 4 heteroatoms. The van der Waals surface area contributed by atoms with Gasteiger partial charge in [0.2, 0.25) is 0 Å². The van der Waals surface area contributed by atoms with E-state index in [9.17, 15) is 4.79 Å². The highest BCUT2D eigenvalue weighted by Crippen LogP contribution is 2.48. The highest BCUT2D eigenvalue weighted by atomic mass is 16.1. The smallest absolute Gasteiger partial charge is 0.156 e. The SMILES string of the molecule is C.CC.CC(=O)/C(C)=C/N.CC1CCC2(CCN(CCC(C)(C)C)CC2)c2ccccc21.CN. The van der Waals surface area contributed by atoms with Crippen molar-refractivity contribution < 1.29 is 4.79 Å². The third-order valence-corrected chi connectivity index (χ3v) is 6.92. The second-order valence-electron chi connectivity index (χ2n) is 10.4. The van der Waals surface area contributed by atoms with Gasteiger partial charge in [0.25, 0.3) is 0 Å². The first kappa shape index (κ1) is 34.5. The number of nitrogens with two attached hydrogens (primary N) is 2. The zero-order valence-corrected chi connectivity index (χ0v) is 23.1. The van der Waals surface area contributed by atoms with Crippen LogP contribution in [-0.2, 0) is 10.2 Å². The number of likely N-dealkylation sites (tertiary alicyclic amines) is 1. The molecule has 1 spiro atoms. The summed E-state index contributed by atoms with van der Waals surface area (Å²) in [6.45, 7) is 20.5. The molecule has 2 aliphatic rings. The topological polar surface area (TPSA) is 72.4 Å². The number of benzene rings is 1. The monoisotopic (exact) mass is 475 g/mol. The van der Waals surface area contributed by atoms with Crippen molar-refractivity contribution in [2.45, 2.75) is 106 Å². The Bertz CT molecular complexity index is 710. The van der Waals surface area contributed by atoms with Crippen molar-refractivity contribution in [2.75, 3.05) is 26.7 Å². The van der Waals surface area contributed by atoms with E-state index in [0.29, 0.717) is 16.4 Å². The minimum absolute atomic E-state index is 0. The van der Waals surface area contributed by atoms with Crippen LogP contribution in [0, 0.1) is 5.41 Å². The maximum atomic E-state index is 10.2. The Morgan fingerprint density at radius 2 is 1.62 bits per heavy atom. The van der Waals surface area contributed by atoms with Gasteiger partial charge in [0, 0.05) is 11.8 Å². The van der Waals surface area contributed by atoms with E-state index in [4.69, 9.17) is 5.73 Å². The molecule has 1 aromatic carbocycles. The molecule has 0 saturated carbocycles. The average Bonchev–Trinajstić information content (AvgIpc) is 2.83. The van der Waals surface area contributed by atoms with Gasteiger partial charge in [-0.2, -0.15) is 0 Å². The fourth-order valence-electron chi connectivity index (χ4n) is 4.53. The summed E-state index contributed by atoms with van der Waals surface area (Å²) in [7, 11) is 1.50. The van der Waals surface area contributed by atoms with Gasteiger partial charge in [-0.15, -0.1) is 0 Å². The van der Waals surface area contributed by atoms with E-state index in [2.05, 4.69) is 62.6 Å². The van der Waals surface area contributed by atoms with Gasteiger partial charge in [0.1, 0.15) is 0 Å². The Morgan fingerprint density at radius 3 is 2.06 bits per heavy atom. The highest BCUT2D eigenvalue weighted by Gasteiger charge is 2.40. The number of allylic oxidation sites excluding steroid dienone is 1. The molecule has 0 amide bonds. The van der Waals surface area contributed by atoms with Crippen LogP contribution in [0.2, 0.25) is 0 Å². The maximum absolute atomic E-state index is 10.2. The summed E-state index contributed by atoms with van der Waals surface area (Å²) in [6, 6.07) is 9.29. The van der Waals surface area contributed by atoms with Crippen LogP contribution in [0.5, 0.6) is 0 Å². The molecule has 1 atom stereocenters. The number of rotatable bonds is 3. The third kappa shape index (κ3) is 10.7. The van der Waals surface area contributed by atoms with Crippen LogP contribution in [0.1, 0.15) is 112 Å². The number of ketones is 1. The third-order valence-electron chi connectivity index (χ3n) is 6.92. The van der Waals surface area contributed by atoms with Crippen LogP contribution in [0.4, 0.5) is 0 Å². The van der Waals surface area contributed by atoms with Gasteiger partial charge < -0.3 is 16.4 Å². The highest BCUT2D eigenvalue weighted by molar-refractivity contribution is 5.92. The summed E-state index contributed by atoms with van der Waals surface area (Å²) >= 11 is 0. The number of carbonyl (C=O) groups excluding carboxylic acids is 1. The lowest BCUT2D eigenvalue weighted by Gasteiger charge is -2.47. The lowest BCUT2D eigenvalue weighted by molar-refractivity contribution is -0.113. The molecule has 1 aliphatic heterocycles. The van der Waals surface area contributed by atoms with Crippen molar-refractivity contribution in [1.29, 1.82) is 0 Å². The van der Waals surface area contributed by atoms with Gasteiger partial charge in [-0.3, -0.25) is 4.79 Å². The molecular weight excluding hydrogens is 418 g/mol. The number of fused-ring (bicyclic) bond motifs is 2. The van der Waals surface area contributed by atoms with E-state index in [1.165, 1.54) is 71.9 Å². The second-order valence-corrected chi connectivity index (χ2v) is 10.4. The largest absolute Gasteiger partial charge is 0.404 e. The number of piperidine rings is 1.